The Morgan fingerprint density at radius 1 is 1.28 bits per heavy atom. The monoisotopic (exact) mass is 334 g/mol. The molecule has 0 aliphatic carbocycles. The molecule has 0 radical (unpaired) electrons. The molecule has 1 N–H and O–H groups in total. The van der Waals surface area contributed by atoms with Crippen LogP contribution in [0.1, 0.15) is 16.1 Å². The molecule has 25 heavy (non-hydrogen) atoms. The topological polar surface area (TPSA) is 51.2 Å². The normalized spacial score (nSPS) is 10.3. The summed E-state index contributed by atoms with van der Waals surface area (Å²) in [6.07, 6.45) is 5.10. The lowest BCUT2D eigenvalue weighted by Crippen LogP contribution is -2.13. The summed E-state index contributed by atoms with van der Waals surface area (Å²) in [7, 11) is 0. The number of benzene rings is 2. The molecular formula is C20H15FN2O2. The first-order chi connectivity index (χ1) is 12.1. The fraction of sp³-hybridized carbons (Fsp3) is 0.100. The number of rotatable bonds is 4. The van der Waals surface area contributed by atoms with E-state index in [9.17, 15) is 9.18 Å². The standard InChI is InChI=1S/C20H15FN2O2/c1-3-11-25-18-6-4-5-17(19(18)21)23-20(24)15-9-10-16-14(12-15)8-7-13(2)22-16/h1,4-10,12H,11H2,2H3,(H,23,24). The van der Waals surface area contributed by atoms with Crippen LogP contribution in [0, 0.1) is 25.1 Å². The molecule has 124 valence electrons. The summed E-state index contributed by atoms with van der Waals surface area (Å²) in [5, 5.41) is 3.39. The van der Waals surface area contributed by atoms with Gasteiger partial charge in [0.25, 0.3) is 5.91 Å². The van der Waals surface area contributed by atoms with E-state index in [1.165, 1.54) is 12.1 Å². The van der Waals surface area contributed by atoms with Gasteiger partial charge < -0.3 is 10.1 Å². The number of nitrogens with one attached hydrogen (secondary N) is 1. The number of halogens is 1. The van der Waals surface area contributed by atoms with Gasteiger partial charge in [0.15, 0.2) is 11.6 Å². The zero-order chi connectivity index (χ0) is 17.8. The number of hydrogen-bond donors (Lipinski definition) is 1. The highest BCUT2D eigenvalue weighted by molar-refractivity contribution is 6.06. The number of aryl methyl sites for hydroxylation is 1. The number of aromatic nitrogens is 1. The molecule has 0 unspecified atom stereocenters. The molecule has 0 atom stereocenters. The molecule has 1 heterocycles. The van der Waals surface area contributed by atoms with Gasteiger partial charge >= 0.3 is 0 Å². The Bertz CT molecular complexity index is 993. The van der Waals surface area contributed by atoms with Crippen molar-refractivity contribution in [2.45, 2.75) is 6.92 Å². The van der Waals surface area contributed by atoms with Gasteiger partial charge in [-0.15, -0.1) is 6.42 Å². The zero-order valence-electron chi connectivity index (χ0n) is 13.5. The SMILES string of the molecule is C#CCOc1cccc(NC(=O)c2ccc3nc(C)ccc3c2)c1F. The van der Waals surface area contributed by atoms with Crippen LogP contribution < -0.4 is 10.1 Å². The zero-order valence-corrected chi connectivity index (χ0v) is 13.5. The lowest BCUT2D eigenvalue weighted by atomic mass is 10.1. The first-order valence-corrected chi connectivity index (χ1v) is 7.62. The van der Waals surface area contributed by atoms with Gasteiger partial charge in [0.2, 0.25) is 0 Å². The highest BCUT2D eigenvalue weighted by atomic mass is 19.1. The van der Waals surface area contributed by atoms with Crippen LogP contribution in [0.5, 0.6) is 5.75 Å². The minimum atomic E-state index is -0.663. The Hall–Kier alpha value is -3.39. The van der Waals surface area contributed by atoms with Gasteiger partial charge in [-0.25, -0.2) is 4.39 Å². The molecule has 1 amide bonds. The van der Waals surface area contributed by atoms with Crippen molar-refractivity contribution < 1.29 is 13.9 Å². The van der Waals surface area contributed by atoms with E-state index in [2.05, 4.69) is 16.2 Å². The number of hydrogen-bond acceptors (Lipinski definition) is 3. The van der Waals surface area contributed by atoms with Crippen molar-refractivity contribution >= 4 is 22.5 Å². The number of amides is 1. The maximum absolute atomic E-state index is 14.4. The average molecular weight is 334 g/mol. The Labute approximate surface area is 144 Å². The Morgan fingerprint density at radius 3 is 2.92 bits per heavy atom. The van der Waals surface area contributed by atoms with Crippen LogP contribution in [0.25, 0.3) is 10.9 Å². The second kappa shape index (κ2) is 7.02. The van der Waals surface area contributed by atoms with E-state index in [0.717, 1.165) is 16.6 Å². The van der Waals surface area contributed by atoms with E-state index in [4.69, 9.17) is 11.2 Å². The molecule has 3 aromatic rings. The predicted molar refractivity (Wildman–Crippen MR) is 95.2 cm³/mol. The highest BCUT2D eigenvalue weighted by Gasteiger charge is 2.13. The van der Waals surface area contributed by atoms with Crippen molar-refractivity contribution in [3.8, 4) is 18.1 Å². The lowest BCUT2D eigenvalue weighted by molar-refractivity contribution is 0.102. The van der Waals surface area contributed by atoms with Crippen LogP contribution in [0.3, 0.4) is 0 Å². The van der Waals surface area contributed by atoms with Crippen LogP contribution in [0.4, 0.5) is 10.1 Å². The average Bonchev–Trinajstić information content (AvgIpc) is 2.62. The van der Waals surface area contributed by atoms with Crippen LogP contribution in [0.15, 0.2) is 48.5 Å². The van der Waals surface area contributed by atoms with E-state index in [1.807, 2.05) is 19.1 Å². The third-order valence-corrected chi connectivity index (χ3v) is 3.61. The van der Waals surface area contributed by atoms with Crippen LogP contribution in [0.2, 0.25) is 0 Å². The van der Waals surface area contributed by atoms with Crippen molar-refractivity contribution in [2.75, 3.05) is 11.9 Å². The molecule has 0 bridgehead atoms. The minimum absolute atomic E-state index is 0.00561. The van der Waals surface area contributed by atoms with Crippen molar-refractivity contribution in [1.29, 1.82) is 0 Å². The van der Waals surface area contributed by atoms with E-state index < -0.39 is 11.7 Å². The van der Waals surface area contributed by atoms with Crippen LogP contribution in [-0.4, -0.2) is 17.5 Å². The molecule has 0 spiro atoms. The molecule has 3 rings (SSSR count). The molecule has 0 saturated heterocycles. The molecule has 0 fully saturated rings. The van der Waals surface area contributed by atoms with E-state index in [0.29, 0.717) is 5.56 Å². The number of carbonyl (C=O) groups excluding carboxylic acids is 1. The second-order valence-corrected chi connectivity index (χ2v) is 5.42. The van der Waals surface area contributed by atoms with E-state index in [1.54, 1.807) is 24.3 Å². The van der Waals surface area contributed by atoms with E-state index in [-0.39, 0.29) is 18.0 Å². The van der Waals surface area contributed by atoms with Gasteiger partial charge in [-0.1, -0.05) is 18.1 Å². The lowest BCUT2D eigenvalue weighted by Gasteiger charge is -2.10. The summed E-state index contributed by atoms with van der Waals surface area (Å²) in [6.45, 7) is 1.85. The molecular weight excluding hydrogens is 319 g/mol. The van der Waals surface area contributed by atoms with Crippen molar-refractivity contribution in [1.82, 2.24) is 4.98 Å². The summed E-state index contributed by atoms with van der Waals surface area (Å²) >= 11 is 0. The van der Waals surface area contributed by atoms with Gasteiger partial charge in [0, 0.05) is 16.6 Å². The third-order valence-electron chi connectivity index (χ3n) is 3.61. The quantitative estimate of drug-likeness (QED) is 0.735. The summed E-state index contributed by atoms with van der Waals surface area (Å²) in [5.74, 6) is 1.18. The Kier molecular flexibility index (Phi) is 4.62. The number of ether oxygens (including phenoxy) is 1. The van der Waals surface area contributed by atoms with Crippen molar-refractivity contribution in [3.63, 3.8) is 0 Å². The molecule has 0 aliphatic heterocycles. The number of pyridine rings is 1. The van der Waals surface area contributed by atoms with Crippen molar-refractivity contribution in [2.24, 2.45) is 0 Å². The number of anilines is 1. The first-order valence-electron chi connectivity index (χ1n) is 7.62. The van der Waals surface area contributed by atoms with Gasteiger partial charge in [0.1, 0.15) is 6.61 Å². The fourth-order valence-electron chi connectivity index (χ4n) is 2.40. The van der Waals surface area contributed by atoms with Gasteiger partial charge in [-0.05, 0) is 43.3 Å². The van der Waals surface area contributed by atoms with Crippen LogP contribution in [-0.2, 0) is 0 Å². The number of fused-ring (bicyclic) bond motifs is 1. The summed E-state index contributed by atoms with van der Waals surface area (Å²) < 4.78 is 19.5. The second-order valence-electron chi connectivity index (χ2n) is 5.42. The molecule has 2 aromatic carbocycles. The third kappa shape index (κ3) is 3.59. The molecule has 4 nitrogen and oxygen atoms in total. The van der Waals surface area contributed by atoms with Gasteiger partial charge in [-0.3, -0.25) is 9.78 Å². The maximum Gasteiger partial charge on any atom is 0.255 e. The summed E-state index contributed by atoms with van der Waals surface area (Å²) in [6, 6.07) is 13.4. The smallest absolute Gasteiger partial charge is 0.255 e. The summed E-state index contributed by atoms with van der Waals surface area (Å²) in [4.78, 5) is 16.8. The van der Waals surface area contributed by atoms with Gasteiger partial charge in [-0.2, -0.15) is 0 Å². The molecule has 1 aromatic heterocycles. The van der Waals surface area contributed by atoms with Gasteiger partial charge in [0.05, 0.1) is 11.2 Å². The van der Waals surface area contributed by atoms with Crippen LogP contribution >= 0.6 is 0 Å². The number of terminal acetylenes is 1. The largest absolute Gasteiger partial charge is 0.478 e. The predicted octanol–water partition coefficient (Wildman–Crippen LogP) is 3.95. The number of carbonyl (C=O) groups is 1. The Morgan fingerprint density at radius 2 is 2.12 bits per heavy atom. The molecule has 0 saturated carbocycles. The van der Waals surface area contributed by atoms with E-state index >= 15 is 0 Å². The molecule has 5 heteroatoms. The highest BCUT2D eigenvalue weighted by Crippen LogP contribution is 2.25. The Balaban J connectivity index is 1.85. The maximum atomic E-state index is 14.4. The summed E-state index contributed by atoms with van der Waals surface area (Å²) in [5.41, 5.74) is 2.14. The first kappa shape index (κ1) is 16.5. The minimum Gasteiger partial charge on any atom is -0.478 e. The van der Waals surface area contributed by atoms with Crippen molar-refractivity contribution in [3.05, 3.63) is 65.6 Å². The molecule has 0 aliphatic rings. The number of nitrogens with zero attached hydrogens (tertiary/aromatic N) is 1. The fourth-order valence-corrected chi connectivity index (χ4v) is 2.40.